The van der Waals surface area contributed by atoms with Crippen molar-refractivity contribution in [3.63, 3.8) is 0 Å². The number of cyclic esters (lactones) is 1. The van der Waals surface area contributed by atoms with Crippen LogP contribution in [0.3, 0.4) is 0 Å². The fraction of sp³-hybridized carbons (Fsp3) is 0.467. The summed E-state index contributed by atoms with van der Waals surface area (Å²) in [5.74, 6) is -0.269. The first kappa shape index (κ1) is 12.6. The topological polar surface area (TPSA) is 76.1 Å². The molecule has 4 rings (SSSR count). The van der Waals surface area contributed by atoms with Crippen molar-refractivity contribution in [1.82, 2.24) is 4.90 Å². The second-order valence-electron chi connectivity index (χ2n) is 5.80. The van der Waals surface area contributed by atoms with Gasteiger partial charge in [-0.2, -0.15) is 0 Å². The molecule has 3 aliphatic heterocycles. The maximum Gasteiger partial charge on any atom is 0.407 e. The Kier molecular flexibility index (Phi) is 2.53. The van der Waals surface area contributed by atoms with Crippen molar-refractivity contribution in [2.24, 2.45) is 0 Å². The maximum atomic E-state index is 11.6. The van der Waals surface area contributed by atoms with Crippen LogP contribution in [0.2, 0.25) is 0 Å². The molecule has 1 fully saturated rings. The zero-order valence-electron chi connectivity index (χ0n) is 11.4. The van der Waals surface area contributed by atoms with Crippen molar-refractivity contribution in [3.05, 3.63) is 34.4 Å². The van der Waals surface area contributed by atoms with Crippen LogP contribution in [0, 0.1) is 0 Å². The van der Waals surface area contributed by atoms with E-state index in [9.17, 15) is 9.59 Å². The van der Waals surface area contributed by atoms with Crippen molar-refractivity contribution >= 4 is 12.1 Å². The number of hydrogen-bond acceptors (Lipinski definition) is 4. The van der Waals surface area contributed by atoms with Crippen LogP contribution in [0.4, 0.5) is 4.79 Å². The normalized spacial score (nSPS) is 22.1. The van der Waals surface area contributed by atoms with Gasteiger partial charge in [-0.3, -0.25) is 0 Å². The minimum atomic E-state index is -0.879. The summed E-state index contributed by atoms with van der Waals surface area (Å²) in [6, 6.07) is 3.89. The predicted octanol–water partition coefficient (Wildman–Crippen LogP) is 1.86. The van der Waals surface area contributed by atoms with Crippen molar-refractivity contribution in [2.45, 2.75) is 31.7 Å². The highest BCUT2D eigenvalue weighted by molar-refractivity contribution is 5.93. The summed E-state index contributed by atoms with van der Waals surface area (Å²) >= 11 is 0. The number of hydrogen-bond donors (Lipinski definition) is 1. The zero-order chi connectivity index (χ0) is 14.6. The molecule has 3 aliphatic rings. The van der Waals surface area contributed by atoms with E-state index in [0.29, 0.717) is 44.7 Å². The molecule has 1 spiro atoms. The molecule has 0 aromatic heterocycles. The number of rotatable bonds is 0. The van der Waals surface area contributed by atoms with Crippen LogP contribution >= 0.6 is 0 Å². The maximum absolute atomic E-state index is 11.6. The third-order valence-corrected chi connectivity index (χ3v) is 4.74. The fourth-order valence-electron chi connectivity index (χ4n) is 3.53. The summed E-state index contributed by atoms with van der Waals surface area (Å²) in [5, 5.41) is 9.05. The highest BCUT2D eigenvalue weighted by Crippen LogP contribution is 2.45. The van der Waals surface area contributed by atoms with Gasteiger partial charge in [-0.05, 0) is 36.1 Å². The minimum absolute atomic E-state index is 0.269. The van der Waals surface area contributed by atoms with Crippen LogP contribution < -0.4 is 0 Å². The molecule has 6 heteroatoms. The van der Waals surface area contributed by atoms with Gasteiger partial charge in [-0.1, -0.05) is 0 Å². The third-order valence-electron chi connectivity index (χ3n) is 4.74. The number of piperidine rings is 1. The standard InChI is InChI=1S/C15H15NO5/c17-13-11-5-10-8-21-15(12(10)6-9(11)7-20-13)1-3-16(4-2-15)14(18)19/h5-6H,1-4,7-8H2,(H,18,19). The molecule has 1 amide bonds. The van der Waals surface area contributed by atoms with Gasteiger partial charge in [0.1, 0.15) is 6.61 Å². The summed E-state index contributed by atoms with van der Waals surface area (Å²) in [6.07, 6.45) is 0.427. The lowest BCUT2D eigenvalue weighted by Gasteiger charge is -2.38. The quantitative estimate of drug-likeness (QED) is 0.738. The molecule has 0 bridgehead atoms. The van der Waals surface area contributed by atoms with Gasteiger partial charge in [0, 0.05) is 18.7 Å². The molecule has 110 valence electrons. The summed E-state index contributed by atoms with van der Waals surface area (Å²) < 4.78 is 11.1. The monoisotopic (exact) mass is 289 g/mol. The number of carbonyl (C=O) groups excluding carboxylic acids is 1. The number of nitrogens with zero attached hydrogens (tertiary/aromatic N) is 1. The highest BCUT2D eigenvalue weighted by atomic mass is 16.5. The SMILES string of the molecule is O=C1OCc2cc3c(cc21)COC31CCN(C(=O)O)CC1. The Morgan fingerprint density at radius 1 is 1.19 bits per heavy atom. The van der Waals surface area contributed by atoms with Crippen molar-refractivity contribution in [2.75, 3.05) is 13.1 Å². The van der Waals surface area contributed by atoms with Gasteiger partial charge >= 0.3 is 12.1 Å². The number of carbonyl (C=O) groups is 2. The average molecular weight is 289 g/mol. The van der Waals surface area contributed by atoms with E-state index in [1.807, 2.05) is 12.1 Å². The first-order chi connectivity index (χ1) is 10.1. The second-order valence-corrected chi connectivity index (χ2v) is 5.80. The first-order valence-electron chi connectivity index (χ1n) is 7.04. The Morgan fingerprint density at radius 3 is 2.67 bits per heavy atom. The van der Waals surface area contributed by atoms with Gasteiger partial charge in [0.2, 0.25) is 0 Å². The molecule has 0 radical (unpaired) electrons. The van der Waals surface area contributed by atoms with Crippen LogP contribution in [0.1, 0.15) is 39.9 Å². The van der Waals surface area contributed by atoms with E-state index >= 15 is 0 Å². The number of likely N-dealkylation sites (tertiary alicyclic amines) is 1. The van der Waals surface area contributed by atoms with Crippen LogP contribution in [0.15, 0.2) is 12.1 Å². The molecule has 3 heterocycles. The van der Waals surface area contributed by atoms with E-state index in [-0.39, 0.29) is 5.97 Å². The molecule has 1 saturated heterocycles. The lowest BCUT2D eigenvalue weighted by Crippen LogP contribution is -2.44. The first-order valence-corrected chi connectivity index (χ1v) is 7.04. The van der Waals surface area contributed by atoms with E-state index in [4.69, 9.17) is 14.6 Å². The van der Waals surface area contributed by atoms with Gasteiger partial charge in [0.05, 0.1) is 17.8 Å². The Labute approximate surface area is 121 Å². The number of fused-ring (bicyclic) bond motifs is 3. The molecule has 1 aromatic rings. The second kappa shape index (κ2) is 4.21. The number of benzene rings is 1. The van der Waals surface area contributed by atoms with Gasteiger partial charge in [-0.25, -0.2) is 9.59 Å². The molecule has 21 heavy (non-hydrogen) atoms. The number of carboxylic acid groups (broad SMARTS) is 1. The molecule has 6 nitrogen and oxygen atoms in total. The molecular formula is C15H15NO5. The van der Waals surface area contributed by atoms with Gasteiger partial charge in [0.15, 0.2) is 0 Å². The molecule has 0 saturated carbocycles. The lowest BCUT2D eigenvalue weighted by atomic mass is 9.82. The third kappa shape index (κ3) is 1.75. The molecule has 0 atom stereocenters. The highest BCUT2D eigenvalue weighted by Gasteiger charge is 2.44. The van der Waals surface area contributed by atoms with Crippen LogP contribution in [-0.4, -0.2) is 35.2 Å². The fourth-order valence-corrected chi connectivity index (χ4v) is 3.53. The molecular weight excluding hydrogens is 274 g/mol. The van der Waals surface area contributed by atoms with Crippen molar-refractivity contribution < 1.29 is 24.2 Å². The Hall–Kier alpha value is -2.08. The lowest BCUT2D eigenvalue weighted by molar-refractivity contribution is -0.0750. The number of esters is 1. The van der Waals surface area contributed by atoms with E-state index in [1.165, 1.54) is 4.90 Å². The largest absolute Gasteiger partial charge is 0.465 e. The summed E-state index contributed by atoms with van der Waals surface area (Å²) in [6.45, 7) is 1.74. The van der Waals surface area contributed by atoms with Crippen molar-refractivity contribution in [3.8, 4) is 0 Å². The summed E-state index contributed by atoms with van der Waals surface area (Å²) in [5.41, 5.74) is 3.27. The number of amides is 1. The van der Waals surface area contributed by atoms with Crippen LogP contribution in [-0.2, 0) is 28.3 Å². The van der Waals surface area contributed by atoms with Crippen LogP contribution in [0.25, 0.3) is 0 Å². The van der Waals surface area contributed by atoms with E-state index < -0.39 is 11.7 Å². The van der Waals surface area contributed by atoms with E-state index in [1.54, 1.807) is 0 Å². The Bertz CT molecular complexity index is 646. The van der Waals surface area contributed by atoms with Gasteiger partial charge < -0.3 is 19.5 Å². The summed E-state index contributed by atoms with van der Waals surface area (Å²) in [4.78, 5) is 24.1. The van der Waals surface area contributed by atoms with Gasteiger partial charge in [0.25, 0.3) is 0 Å². The molecule has 0 unspecified atom stereocenters. The molecule has 1 aromatic carbocycles. The Morgan fingerprint density at radius 2 is 1.95 bits per heavy atom. The zero-order valence-corrected chi connectivity index (χ0v) is 11.4. The average Bonchev–Trinajstić information content (AvgIpc) is 3.01. The van der Waals surface area contributed by atoms with Crippen molar-refractivity contribution in [1.29, 1.82) is 0 Å². The van der Waals surface area contributed by atoms with Crippen LogP contribution in [0.5, 0.6) is 0 Å². The van der Waals surface area contributed by atoms with E-state index in [0.717, 1.165) is 16.7 Å². The smallest absolute Gasteiger partial charge is 0.407 e. The molecule has 0 aliphatic carbocycles. The Balaban J connectivity index is 1.68. The predicted molar refractivity (Wildman–Crippen MR) is 70.9 cm³/mol. The van der Waals surface area contributed by atoms with Gasteiger partial charge in [-0.15, -0.1) is 0 Å². The minimum Gasteiger partial charge on any atom is -0.465 e. The molecule has 1 N–H and O–H groups in total. The number of ether oxygens (including phenoxy) is 2. The summed E-state index contributed by atoms with van der Waals surface area (Å²) in [7, 11) is 0. The van der Waals surface area contributed by atoms with E-state index in [2.05, 4.69) is 0 Å².